The SMILES string of the molecule is O=C(CS(=O)Cc1ccc(C(=O)O)cc1)OCCc1ccccc1. The molecule has 0 aliphatic carbocycles. The van der Waals surface area contributed by atoms with Gasteiger partial charge in [-0.25, -0.2) is 4.79 Å². The second-order valence-electron chi connectivity index (χ2n) is 5.19. The number of carboxylic acids is 1. The topological polar surface area (TPSA) is 80.7 Å². The fourth-order valence-electron chi connectivity index (χ4n) is 2.08. The molecule has 0 amide bonds. The van der Waals surface area contributed by atoms with Crippen molar-refractivity contribution in [3.05, 3.63) is 71.3 Å². The third-order valence-corrected chi connectivity index (χ3v) is 4.52. The monoisotopic (exact) mass is 346 g/mol. The fourth-order valence-corrected chi connectivity index (χ4v) is 3.09. The van der Waals surface area contributed by atoms with Crippen LogP contribution in [0, 0.1) is 0 Å². The lowest BCUT2D eigenvalue weighted by Crippen LogP contribution is -2.16. The number of benzene rings is 2. The van der Waals surface area contributed by atoms with E-state index >= 15 is 0 Å². The molecule has 1 atom stereocenters. The molecule has 0 aliphatic rings. The van der Waals surface area contributed by atoms with Gasteiger partial charge in [-0.15, -0.1) is 0 Å². The Morgan fingerprint density at radius 2 is 1.62 bits per heavy atom. The summed E-state index contributed by atoms with van der Waals surface area (Å²) in [5, 5.41) is 8.82. The van der Waals surface area contributed by atoms with Gasteiger partial charge in [-0.1, -0.05) is 42.5 Å². The van der Waals surface area contributed by atoms with Crippen LogP contribution in [-0.4, -0.2) is 33.6 Å². The molecule has 1 N–H and O–H groups in total. The number of carboxylic acid groups (broad SMARTS) is 1. The van der Waals surface area contributed by atoms with E-state index in [0.29, 0.717) is 6.42 Å². The lowest BCUT2D eigenvalue weighted by molar-refractivity contribution is -0.140. The number of carbonyl (C=O) groups excluding carboxylic acids is 1. The van der Waals surface area contributed by atoms with Crippen LogP contribution in [0.3, 0.4) is 0 Å². The largest absolute Gasteiger partial charge is 0.478 e. The summed E-state index contributed by atoms with van der Waals surface area (Å²) in [6, 6.07) is 15.8. The Morgan fingerprint density at radius 1 is 0.958 bits per heavy atom. The Hall–Kier alpha value is -2.47. The molecular weight excluding hydrogens is 328 g/mol. The molecule has 2 aromatic rings. The summed E-state index contributed by atoms with van der Waals surface area (Å²) in [6.45, 7) is 0.257. The van der Waals surface area contributed by atoms with Crippen molar-refractivity contribution in [3.63, 3.8) is 0 Å². The van der Waals surface area contributed by atoms with E-state index in [-0.39, 0.29) is 23.7 Å². The van der Waals surface area contributed by atoms with Crippen molar-refractivity contribution < 1.29 is 23.6 Å². The molecule has 0 fully saturated rings. The van der Waals surface area contributed by atoms with Crippen LogP contribution in [0.2, 0.25) is 0 Å². The van der Waals surface area contributed by atoms with E-state index < -0.39 is 22.7 Å². The molecule has 0 spiro atoms. The van der Waals surface area contributed by atoms with Gasteiger partial charge in [-0.3, -0.25) is 9.00 Å². The van der Waals surface area contributed by atoms with E-state index in [1.54, 1.807) is 12.1 Å². The Morgan fingerprint density at radius 3 is 2.25 bits per heavy atom. The van der Waals surface area contributed by atoms with Crippen molar-refractivity contribution >= 4 is 22.7 Å². The van der Waals surface area contributed by atoms with Gasteiger partial charge in [0.25, 0.3) is 0 Å². The Kier molecular flexibility index (Phi) is 6.69. The molecule has 0 saturated carbocycles. The molecule has 0 aliphatic heterocycles. The fraction of sp³-hybridized carbons (Fsp3) is 0.222. The lowest BCUT2D eigenvalue weighted by atomic mass is 10.1. The molecule has 24 heavy (non-hydrogen) atoms. The van der Waals surface area contributed by atoms with E-state index in [4.69, 9.17) is 9.84 Å². The van der Waals surface area contributed by atoms with E-state index in [1.807, 2.05) is 30.3 Å². The van der Waals surface area contributed by atoms with E-state index in [2.05, 4.69) is 0 Å². The Bertz CT molecular complexity index is 710. The van der Waals surface area contributed by atoms with E-state index in [1.165, 1.54) is 12.1 Å². The highest BCUT2D eigenvalue weighted by molar-refractivity contribution is 7.84. The van der Waals surface area contributed by atoms with Gasteiger partial charge in [0.2, 0.25) is 0 Å². The quantitative estimate of drug-likeness (QED) is 0.743. The first kappa shape index (κ1) is 17.9. The van der Waals surface area contributed by atoms with Crippen molar-refractivity contribution in [2.45, 2.75) is 12.2 Å². The summed E-state index contributed by atoms with van der Waals surface area (Å²) in [6.07, 6.45) is 0.621. The highest BCUT2D eigenvalue weighted by atomic mass is 32.2. The minimum absolute atomic E-state index is 0.171. The highest BCUT2D eigenvalue weighted by Gasteiger charge is 2.11. The Balaban J connectivity index is 1.73. The summed E-state index contributed by atoms with van der Waals surface area (Å²) in [7, 11) is -1.39. The molecule has 2 rings (SSSR count). The number of esters is 1. The molecule has 0 aromatic heterocycles. The predicted molar refractivity (Wildman–Crippen MR) is 91.2 cm³/mol. The van der Waals surface area contributed by atoms with Crippen LogP contribution in [0.5, 0.6) is 0 Å². The predicted octanol–water partition coefficient (Wildman–Crippen LogP) is 2.42. The zero-order valence-electron chi connectivity index (χ0n) is 13.0. The van der Waals surface area contributed by atoms with Gasteiger partial charge < -0.3 is 9.84 Å². The zero-order valence-corrected chi connectivity index (χ0v) is 13.8. The number of hydrogen-bond donors (Lipinski definition) is 1. The maximum atomic E-state index is 12.0. The van der Waals surface area contributed by atoms with Gasteiger partial charge in [-0.05, 0) is 23.3 Å². The summed E-state index contributed by atoms with van der Waals surface area (Å²) in [5.74, 6) is -1.49. The summed E-state index contributed by atoms with van der Waals surface area (Å²) in [5.41, 5.74) is 1.96. The standard InChI is InChI=1S/C18H18O5S/c19-17(23-11-10-14-4-2-1-3-5-14)13-24(22)12-15-6-8-16(9-7-15)18(20)21/h1-9H,10-13H2,(H,20,21). The number of ether oxygens (including phenoxy) is 1. The normalized spacial score (nSPS) is 11.7. The first-order chi connectivity index (χ1) is 11.5. The molecule has 0 bridgehead atoms. The third-order valence-electron chi connectivity index (χ3n) is 3.30. The number of carbonyl (C=O) groups is 2. The van der Waals surface area contributed by atoms with Crippen LogP contribution >= 0.6 is 0 Å². The summed E-state index contributed by atoms with van der Waals surface area (Å²) >= 11 is 0. The first-order valence-corrected chi connectivity index (χ1v) is 8.90. The number of rotatable bonds is 8. The van der Waals surface area contributed by atoms with Crippen LogP contribution in [0.4, 0.5) is 0 Å². The van der Waals surface area contributed by atoms with E-state index in [9.17, 15) is 13.8 Å². The van der Waals surface area contributed by atoms with Crippen molar-refractivity contribution in [2.24, 2.45) is 0 Å². The van der Waals surface area contributed by atoms with Crippen LogP contribution in [0.1, 0.15) is 21.5 Å². The van der Waals surface area contributed by atoms with Gasteiger partial charge in [0.15, 0.2) is 0 Å². The van der Waals surface area contributed by atoms with E-state index in [0.717, 1.165) is 11.1 Å². The van der Waals surface area contributed by atoms with Crippen molar-refractivity contribution in [1.29, 1.82) is 0 Å². The molecule has 6 heteroatoms. The summed E-state index contributed by atoms with van der Waals surface area (Å²) in [4.78, 5) is 22.4. The van der Waals surface area contributed by atoms with Gasteiger partial charge in [-0.2, -0.15) is 0 Å². The third kappa shape index (κ3) is 5.96. The molecule has 0 heterocycles. The summed E-state index contributed by atoms with van der Waals surface area (Å²) < 4.78 is 17.1. The lowest BCUT2D eigenvalue weighted by Gasteiger charge is -2.06. The van der Waals surface area contributed by atoms with Crippen LogP contribution < -0.4 is 0 Å². The van der Waals surface area contributed by atoms with Crippen molar-refractivity contribution in [2.75, 3.05) is 12.4 Å². The Labute approximate surface area is 142 Å². The van der Waals surface area contributed by atoms with Gasteiger partial charge in [0.05, 0.1) is 12.2 Å². The molecule has 2 aromatic carbocycles. The maximum absolute atomic E-state index is 12.0. The van der Waals surface area contributed by atoms with Gasteiger partial charge in [0.1, 0.15) is 5.75 Å². The molecule has 5 nitrogen and oxygen atoms in total. The second kappa shape index (κ2) is 8.98. The van der Waals surface area contributed by atoms with Gasteiger partial charge >= 0.3 is 11.9 Å². The average Bonchev–Trinajstić information content (AvgIpc) is 2.56. The second-order valence-corrected chi connectivity index (χ2v) is 6.64. The molecule has 0 radical (unpaired) electrons. The van der Waals surface area contributed by atoms with Crippen molar-refractivity contribution in [3.8, 4) is 0 Å². The maximum Gasteiger partial charge on any atom is 0.335 e. The highest BCUT2D eigenvalue weighted by Crippen LogP contribution is 2.08. The minimum Gasteiger partial charge on any atom is -0.478 e. The number of aromatic carboxylic acids is 1. The minimum atomic E-state index is -1.39. The molecule has 1 unspecified atom stereocenters. The molecule has 0 saturated heterocycles. The van der Waals surface area contributed by atoms with Crippen LogP contribution in [0.15, 0.2) is 54.6 Å². The molecular formula is C18H18O5S. The van der Waals surface area contributed by atoms with Crippen molar-refractivity contribution in [1.82, 2.24) is 0 Å². The number of hydrogen-bond acceptors (Lipinski definition) is 4. The van der Waals surface area contributed by atoms with Crippen LogP contribution in [-0.2, 0) is 32.5 Å². The van der Waals surface area contributed by atoms with Crippen LogP contribution in [0.25, 0.3) is 0 Å². The molecule has 126 valence electrons. The smallest absolute Gasteiger partial charge is 0.335 e. The van der Waals surface area contributed by atoms with Gasteiger partial charge in [0, 0.05) is 23.0 Å². The first-order valence-electron chi connectivity index (χ1n) is 7.41. The zero-order chi connectivity index (χ0) is 17.4. The average molecular weight is 346 g/mol.